The van der Waals surface area contributed by atoms with Gasteiger partial charge in [0.1, 0.15) is 0 Å². The summed E-state index contributed by atoms with van der Waals surface area (Å²) >= 11 is 6.67. The number of pyridine rings is 1. The maximum absolute atomic E-state index is 6.67. The molecular formula is C24H30ClN3. The number of nitrogens with zero attached hydrogens (tertiary/aromatic N) is 1. The van der Waals surface area contributed by atoms with Crippen LogP contribution in [0.25, 0.3) is 0 Å². The molecular weight excluding hydrogens is 366 g/mol. The number of hydrogen-bond acceptors (Lipinski definition) is 3. The third kappa shape index (κ3) is 4.76. The van der Waals surface area contributed by atoms with Crippen LogP contribution in [0, 0.1) is 5.92 Å². The Kier molecular flexibility index (Phi) is 6.66. The van der Waals surface area contributed by atoms with Crippen molar-refractivity contribution < 1.29 is 0 Å². The lowest BCUT2D eigenvalue weighted by Crippen LogP contribution is -2.16. The van der Waals surface area contributed by atoms with E-state index >= 15 is 0 Å². The highest BCUT2D eigenvalue weighted by Crippen LogP contribution is 2.34. The lowest BCUT2D eigenvalue weighted by Gasteiger charge is -2.23. The van der Waals surface area contributed by atoms with Gasteiger partial charge >= 0.3 is 0 Å². The van der Waals surface area contributed by atoms with E-state index in [9.17, 15) is 0 Å². The average molecular weight is 396 g/mol. The van der Waals surface area contributed by atoms with Gasteiger partial charge in [0.2, 0.25) is 0 Å². The van der Waals surface area contributed by atoms with E-state index in [-0.39, 0.29) is 6.04 Å². The molecule has 1 aliphatic carbocycles. The molecule has 1 atom stereocenters. The van der Waals surface area contributed by atoms with E-state index in [1.165, 1.54) is 48.8 Å². The normalized spacial score (nSPS) is 19.2. The van der Waals surface area contributed by atoms with E-state index in [1.807, 2.05) is 24.5 Å². The molecule has 1 unspecified atom stereocenters. The van der Waals surface area contributed by atoms with Crippen LogP contribution in [0.4, 0.5) is 5.69 Å². The molecule has 1 saturated carbocycles. The predicted octanol–water partition coefficient (Wildman–Crippen LogP) is 5.71. The van der Waals surface area contributed by atoms with Gasteiger partial charge in [-0.3, -0.25) is 4.98 Å². The van der Waals surface area contributed by atoms with Gasteiger partial charge in [-0.2, -0.15) is 0 Å². The van der Waals surface area contributed by atoms with Crippen LogP contribution in [0.15, 0.2) is 48.8 Å². The SMILES string of the molecule is Clc1ccc2c(c1NC(/C=C/C1CCCCC1)c1cccnc1)CCNCC2. The zero-order valence-corrected chi connectivity index (χ0v) is 17.2. The molecule has 2 N–H and O–H groups in total. The zero-order valence-electron chi connectivity index (χ0n) is 16.5. The molecule has 0 saturated heterocycles. The lowest BCUT2D eigenvalue weighted by atomic mass is 9.88. The molecule has 0 spiro atoms. The summed E-state index contributed by atoms with van der Waals surface area (Å²) in [6, 6.07) is 8.46. The van der Waals surface area contributed by atoms with E-state index in [4.69, 9.17) is 11.6 Å². The highest BCUT2D eigenvalue weighted by molar-refractivity contribution is 6.33. The third-order valence-corrected chi connectivity index (χ3v) is 6.37. The van der Waals surface area contributed by atoms with Gasteiger partial charge in [-0.25, -0.2) is 0 Å². The molecule has 0 amide bonds. The first-order chi connectivity index (χ1) is 13.8. The second-order valence-electron chi connectivity index (χ2n) is 8.00. The second kappa shape index (κ2) is 9.58. The van der Waals surface area contributed by atoms with Crippen LogP contribution in [0.3, 0.4) is 0 Å². The lowest BCUT2D eigenvalue weighted by molar-refractivity contribution is 0.418. The second-order valence-corrected chi connectivity index (χ2v) is 8.41. The highest BCUT2D eigenvalue weighted by atomic mass is 35.5. The Morgan fingerprint density at radius 2 is 1.96 bits per heavy atom. The number of benzene rings is 1. The Hall–Kier alpha value is -1.84. The first kappa shape index (κ1) is 19.5. The van der Waals surface area contributed by atoms with Crippen molar-refractivity contribution in [1.82, 2.24) is 10.3 Å². The van der Waals surface area contributed by atoms with E-state index in [1.54, 1.807) is 0 Å². The molecule has 0 bridgehead atoms. The third-order valence-electron chi connectivity index (χ3n) is 6.05. The molecule has 1 fully saturated rings. The Balaban J connectivity index is 1.63. The van der Waals surface area contributed by atoms with Gasteiger partial charge in [0.25, 0.3) is 0 Å². The van der Waals surface area contributed by atoms with Crippen LogP contribution < -0.4 is 10.6 Å². The number of rotatable bonds is 5. The van der Waals surface area contributed by atoms with Gasteiger partial charge in [-0.05, 0) is 73.5 Å². The fourth-order valence-corrected chi connectivity index (χ4v) is 4.68. The maximum Gasteiger partial charge on any atom is 0.0713 e. The van der Waals surface area contributed by atoms with E-state index < -0.39 is 0 Å². The van der Waals surface area contributed by atoms with Gasteiger partial charge in [-0.1, -0.05) is 55.1 Å². The fraction of sp³-hybridized carbons (Fsp3) is 0.458. The summed E-state index contributed by atoms with van der Waals surface area (Å²) in [6.45, 7) is 2.03. The minimum absolute atomic E-state index is 0.0795. The van der Waals surface area contributed by atoms with Gasteiger partial charge in [-0.15, -0.1) is 0 Å². The van der Waals surface area contributed by atoms with E-state index in [2.05, 4.69) is 39.9 Å². The van der Waals surface area contributed by atoms with Crippen molar-refractivity contribution >= 4 is 17.3 Å². The minimum atomic E-state index is 0.0795. The summed E-state index contributed by atoms with van der Waals surface area (Å²) in [5, 5.41) is 8.08. The van der Waals surface area contributed by atoms with Crippen molar-refractivity contribution in [3.63, 3.8) is 0 Å². The van der Waals surface area contributed by atoms with Crippen LogP contribution in [0.2, 0.25) is 5.02 Å². The summed E-state index contributed by atoms with van der Waals surface area (Å²) < 4.78 is 0. The molecule has 4 heteroatoms. The molecule has 1 aliphatic heterocycles. The standard InChI is InChI=1S/C24H30ClN3/c25-22-10-9-19-12-15-26-16-13-21(19)24(22)28-23(20-7-4-14-27-17-20)11-8-18-5-2-1-3-6-18/h4,7-11,14,17-18,23,26,28H,1-3,5-6,12-13,15-16H2/b11-8+. The quantitative estimate of drug-likeness (QED) is 0.636. The number of aromatic nitrogens is 1. The number of anilines is 1. The van der Waals surface area contributed by atoms with Crippen LogP contribution in [0.1, 0.15) is 54.8 Å². The number of hydrogen-bond donors (Lipinski definition) is 2. The van der Waals surface area contributed by atoms with E-state index in [0.29, 0.717) is 5.92 Å². The van der Waals surface area contributed by atoms with Gasteiger partial charge in [0.15, 0.2) is 0 Å². The smallest absolute Gasteiger partial charge is 0.0713 e. The molecule has 2 aliphatic rings. The largest absolute Gasteiger partial charge is 0.373 e. The molecule has 148 valence electrons. The molecule has 1 aromatic carbocycles. The topological polar surface area (TPSA) is 37.0 Å². The predicted molar refractivity (Wildman–Crippen MR) is 118 cm³/mol. The first-order valence-electron chi connectivity index (χ1n) is 10.7. The number of allylic oxidation sites excluding steroid dienone is 1. The summed E-state index contributed by atoms with van der Waals surface area (Å²) in [5.74, 6) is 0.697. The summed E-state index contributed by atoms with van der Waals surface area (Å²) in [5.41, 5.74) is 5.02. The van der Waals surface area contributed by atoms with Crippen molar-refractivity contribution in [2.75, 3.05) is 18.4 Å². The van der Waals surface area contributed by atoms with E-state index in [0.717, 1.165) is 36.6 Å². The highest BCUT2D eigenvalue weighted by Gasteiger charge is 2.18. The van der Waals surface area contributed by atoms with Crippen LogP contribution in [0.5, 0.6) is 0 Å². The van der Waals surface area contributed by atoms with Crippen molar-refractivity contribution in [3.05, 3.63) is 70.5 Å². The fourth-order valence-electron chi connectivity index (χ4n) is 4.45. The molecule has 4 rings (SSSR count). The Morgan fingerprint density at radius 1 is 1.11 bits per heavy atom. The van der Waals surface area contributed by atoms with Gasteiger partial charge < -0.3 is 10.6 Å². The maximum atomic E-state index is 6.67. The summed E-state index contributed by atoms with van der Waals surface area (Å²) in [7, 11) is 0. The Morgan fingerprint density at radius 3 is 2.79 bits per heavy atom. The van der Waals surface area contributed by atoms with Crippen LogP contribution >= 0.6 is 11.6 Å². The average Bonchev–Trinajstić information content (AvgIpc) is 2.99. The number of nitrogens with one attached hydrogen (secondary N) is 2. The summed E-state index contributed by atoms with van der Waals surface area (Å²) in [6.07, 6.45) is 17.3. The molecule has 3 nitrogen and oxygen atoms in total. The monoisotopic (exact) mass is 395 g/mol. The molecule has 2 heterocycles. The van der Waals surface area contributed by atoms with Crippen molar-refractivity contribution in [2.24, 2.45) is 5.92 Å². The van der Waals surface area contributed by atoms with Crippen LogP contribution in [-0.2, 0) is 12.8 Å². The molecule has 1 aromatic heterocycles. The Labute approximate surface area is 173 Å². The van der Waals surface area contributed by atoms with Gasteiger partial charge in [0.05, 0.1) is 16.8 Å². The Bertz CT molecular complexity index is 797. The van der Waals surface area contributed by atoms with Crippen molar-refractivity contribution in [2.45, 2.75) is 51.0 Å². The van der Waals surface area contributed by atoms with Crippen molar-refractivity contribution in [3.8, 4) is 0 Å². The molecule has 0 radical (unpaired) electrons. The minimum Gasteiger partial charge on any atom is -0.373 e. The number of fused-ring (bicyclic) bond motifs is 1. The first-order valence-corrected chi connectivity index (χ1v) is 11.0. The molecule has 2 aromatic rings. The van der Waals surface area contributed by atoms with Crippen LogP contribution in [-0.4, -0.2) is 18.1 Å². The van der Waals surface area contributed by atoms with Crippen molar-refractivity contribution in [1.29, 1.82) is 0 Å². The zero-order chi connectivity index (χ0) is 19.2. The van der Waals surface area contributed by atoms with Gasteiger partial charge in [0, 0.05) is 12.4 Å². The summed E-state index contributed by atoms with van der Waals surface area (Å²) in [4.78, 5) is 4.35. The molecule has 28 heavy (non-hydrogen) atoms. The number of halogens is 1.